The maximum absolute atomic E-state index is 13.3. The van der Waals surface area contributed by atoms with Crippen LogP contribution in [-0.2, 0) is 22.7 Å². The number of imide groups is 2. The fourth-order valence-electron chi connectivity index (χ4n) is 2.92. The van der Waals surface area contributed by atoms with E-state index in [2.05, 4.69) is 0 Å². The van der Waals surface area contributed by atoms with Crippen LogP contribution in [0.3, 0.4) is 0 Å². The third-order valence-electron chi connectivity index (χ3n) is 4.14. The molecular weight excluding hydrogens is 337 g/mol. The molecule has 1 heterocycles. The summed E-state index contributed by atoms with van der Waals surface area (Å²) in [5.41, 5.74) is 1.51. The lowest BCUT2D eigenvalue weighted by Gasteiger charge is -2.20. The number of amides is 4. The Morgan fingerprint density at radius 1 is 0.885 bits per heavy atom. The Balaban J connectivity index is 1.67. The van der Waals surface area contributed by atoms with Gasteiger partial charge in [0.05, 0.1) is 13.6 Å². The number of carbonyl (C=O) groups excluding carboxylic acids is 3. The first-order valence-electron chi connectivity index (χ1n) is 8.22. The van der Waals surface area contributed by atoms with Crippen LogP contribution in [0.25, 0.3) is 0 Å². The molecule has 1 fully saturated rings. The molecule has 3 rings (SSSR count). The van der Waals surface area contributed by atoms with Gasteiger partial charge in [-0.1, -0.05) is 42.5 Å². The normalized spacial score (nSPS) is 15.7. The second kappa shape index (κ2) is 7.45. The molecule has 1 N–H and O–H groups in total. The van der Waals surface area contributed by atoms with Crippen molar-refractivity contribution < 1.29 is 23.7 Å². The van der Waals surface area contributed by atoms with Crippen LogP contribution in [0.1, 0.15) is 11.1 Å². The lowest BCUT2D eigenvalue weighted by atomic mass is 10.2. The minimum atomic E-state index is -0.829. The molecule has 7 heteroatoms. The van der Waals surface area contributed by atoms with Crippen molar-refractivity contribution in [3.8, 4) is 0 Å². The summed E-state index contributed by atoms with van der Waals surface area (Å²) in [7, 11) is 1.77. The van der Waals surface area contributed by atoms with Crippen LogP contribution < -0.4 is 4.90 Å². The molecule has 1 saturated heterocycles. The number of hydrogen-bond acceptors (Lipinski definition) is 3. The van der Waals surface area contributed by atoms with Crippen LogP contribution in [0, 0.1) is 5.82 Å². The Morgan fingerprint density at radius 2 is 1.54 bits per heavy atom. The minimum absolute atomic E-state index is 0.0329. The maximum atomic E-state index is 13.3. The molecule has 1 aliphatic heterocycles. The molecule has 1 aliphatic rings. The Morgan fingerprint density at radius 3 is 2.23 bits per heavy atom. The van der Waals surface area contributed by atoms with E-state index >= 15 is 0 Å². The van der Waals surface area contributed by atoms with Crippen LogP contribution in [0.2, 0.25) is 0 Å². The van der Waals surface area contributed by atoms with Crippen molar-refractivity contribution in [2.45, 2.75) is 13.1 Å². The molecule has 4 amide bonds. The summed E-state index contributed by atoms with van der Waals surface area (Å²) in [6, 6.07) is 14.5. The Bertz CT molecular complexity index is 841. The maximum Gasteiger partial charge on any atom is 0.339 e. The summed E-state index contributed by atoms with van der Waals surface area (Å²) in [4.78, 5) is 39.6. The quantitative estimate of drug-likeness (QED) is 0.615. The van der Waals surface area contributed by atoms with Crippen LogP contribution in [0.4, 0.5) is 9.18 Å². The van der Waals surface area contributed by atoms with Crippen molar-refractivity contribution in [3.05, 3.63) is 71.5 Å². The number of hydrogen-bond donors (Lipinski definition) is 1. The number of urea groups is 1. The second-order valence-electron chi connectivity index (χ2n) is 6.31. The molecule has 26 heavy (non-hydrogen) atoms. The van der Waals surface area contributed by atoms with Crippen molar-refractivity contribution in [1.82, 2.24) is 9.80 Å². The van der Waals surface area contributed by atoms with E-state index in [-0.39, 0.29) is 19.0 Å². The standard InChI is InChI=1S/C19H18FN3O3/c1-21(11-15-8-5-9-16(20)10-15)13-23-18(25)17(24)22(19(23)26)12-14-6-3-2-4-7-14/h2-10H,11-13H2,1H3/p+1. The molecule has 0 radical (unpaired) electrons. The highest BCUT2D eigenvalue weighted by Gasteiger charge is 2.45. The highest BCUT2D eigenvalue weighted by Crippen LogP contribution is 2.14. The lowest BCUT2D eigenvalue weighted by Crippen LogP contribution is -3.09. The summed E-state index contributed by atoms with van der Waals surface area (Å²) >= 11 is 0. The fourth-order valence-corrected chi connectivity index (χ4v) is 2.92. The number of rotatable bonds is 6. The molecule has 0 saturated carbocycles. The van der Waals surface area contributed by atoms with Gasteiger partial charge in [0.25, 0.3) is 0 Å². The van der Waals surface area contributed by atoms with Gasteiger partial charge in [0.15, 0.2) is 6.67 Å². The molecule has 0 bridgehead atoms. The number of quaternary nitrogens is 1. The molecule has 0 spiro atoms. The minimum Gasteiger partial charge on any atom is -0.316 e. The predicted octanol–water partition coefficient (Wildman–Crippen LogP) is 0.789. The average Bonchev–Trinajstić information content (AvgIpc) is 2.81. The van der Waals surface area contributed by atoms with Crippen molar-refractivity contribution in [2.24, 2.45) is 0 Å². The lowest BCUT2D eigenvalue weighted by molar-refractivity contribution is -0.901. The third kappa shape index (κ3) is 3.78. The number of nitrogens with zero attached hydrogens (tertiary/aromatic N) is 2. The molecular formula is C19H19FN3O3+. The topological polar surface area (TPSA) is 62.1 Å². The van der Waals surface area contributed by atoms with Gasteiger partial charge in [-0.25, -0.2) is 14.1 Å². The van der Waals surface area contributed by atoms with E-state index in [0.29, 0.717) is 6.54 Å². The van der Waals surface area contributed by atoms with Gasteiger partial charge < -0.3 is 4.90 Å². The summed E-state index contributed by atoms with van der Waals surface area (Å²) < 4.78 is 13.3. The van der Waals surface area contributed by atoms with Crippen molar-refractivity contribution in [3.63, 3.8) is 0 Å². The highest BCUT2D eigenvalue weighted by molar-refractivity contribution is 6.44. The van der Waals surface area contributed by atoms with E-state index in [1.807, 2.05) is 6.07 Å². The summed E-state index contributed by atoms with van der Waals surface area (Å²) in [5.74, 6) is -1.99. The number of halogens is 1. The van der Waals surface area contributed by atoms with E-state index in [1.54, 1.807) is 43.4 Å². The van der Waals surface area contributed by atoms with Gasteiger partial charge in [0.1, 0.15) is 12.4 Å². The van der Waals surface area contributed by atoms with Gasteiger partial charge in [0.2, 0.25) is 0 Å². The average molecular weight is 356 g/mol. The Kier molecular flexibility index (Phi) is 5.09. The SMILES string of the molecule is C[NH+](Cc1cccc(F)c1)CN1C(=O)C(=O)N(Cc2ccccc2)C1=O. The first-order valence-corrected chi connectivity index (χ1v) is 8.22. The summed E-state index contributed by atoms with van der Waals surface area (Å²) in [5, 5.41) is 0. The Hall–Kier alpha value is -3.06. The second-order valence-corrected chi connectivity index (χ2v) is 6.31. The molecule has 2 aromatic carbocycles. The zero-order valence-corrected chi connectivity index (χ0v) is 14.3. The number of nitrogens with one attached hydrogen (secondary N) is 1. The molecule has 6 nitrogen and oxygen atoms in total. The molecule has 134 valence electrons. The van der Waals surface area contributed by atoms with Gasteiger partial charge >= 0.3 is 17.8 Å². The van der Waals surface area contributed by atoms with Gasteiger partial charge in [-0.05, 0) is 17.7 Å². The molecule has 1 atom stereocenters. The van der Waals surface area contributed by atoms with Crippen LogP contribution in [-0.4, -0.2) is 41.4 Å². The number of carbonyl (C=O) groups is 3. The molecule has 2 aromatic rings. The predicted molar refractivity (Wildman–Crippen MR) is 91.1 cm³/mol. The van der Waals surface area contributed by atoms with E-state index in [1.165, 1.54) is 12.1 Å². The smallest absolute Gasteiger partial charge is 0.316 e. The third-order valence-corrected chi connectivity index (χ3v) is 4.14. The van der Waals surface area contributed by atoms with Gasteiger partial charge in [-0.2, -0.15) is 0 Å². The van der Waals surface area contributed by atoms with Crippen LogP contribution in [0.15, 0.2) is 54.6 Å². The highest BCUT2D eigenvalue weighted by atomic mass is 19.1. The Labute approximate surface area is 150 Å². The summed E-state index contributed by atoms with van der Waals surface area (Å²) in [6.45, 7) is 0.511. The van der Waals surface area contributed by atoms with Crippen molar-refractivity contribution in [2.75, 3.05) is 13.7 Å². The largest absolute Gasteiger partial charge is 0.339 e. The van der Waals surface area contributed by atoms with Gasteiger partial charge in [-0.3, -0.25) is 14.5 Å². The molecule has 0 aromatic heterocycles. The fraction of sp³-hybridized carbons (Fsp3) is 0.211. The van der Waals surface area contributed by atoms with Crippen LogP contribution in [0.5, 0.6) is 0 Å². The van der Waals surface area contributed by atoms with Gasteiger partial charge in [-0.15, -0.1) is 0 Å². The van der Waals surface area contributed by atoms with Crippen molar-refractivity contribution >= 4 is 17.8 Å². The van der Waals surface area contributed by atoms with Crippen LogP contribution >= 0.6 is 0 Å². The van der Waals surface area contributed by atoms with E-state index < -0.39 is 17.8 Å². The monoisotopic (exact) mass is 356 g/mol. The van der Waals surface area contributed by atoms with Crippen molar-refractivity contribution in [1.29, 1.82) is 0 Å². The molecule has 1 unspecified atom stereocenters. The van der Waals surface area contributed by atoms with E-state index in [4.69, 9.17) is 0 Å². The van der Waals surface area contributed by atoms with Gasteiger partial charge in [0, 0.05) is 5.56 Å². The summed E-state index contributed by atoms with van der Waals surface area (Å²) in [6.07, 6.45) is 0. The zero-order valence-electron chi connectivity index (χ0n) is 14.3. The first-order chi connectivity index (χ1) is 12.5. The zero-order chi connectivity index (χ0) is 18.7. The molecule has 0 aliphatic carbocycles. The van der Waals surface area contributed by atoms with E-state index in [9.17, 15) is 18.8 Å². The first kappa shape index (κ1) is 17.8. The number of benzene rings is 2. The van der Waals surface area contributed by atoms with E-state index in [0.717, 1.165) is 25.8 Å².